The summed E-state index contributed by atoms with van der Waals surface area (Å²) in [4.78, 5) is 33.3. The predicted octanol–water partition coefficient (Wildman–Crippen LogP) is 2.69. The highest BCUT2D eigenvalue weighted by atomic mass is 16.5. The number of fused-ring (bicyclic) bond motifs is 1. The molecule has 0 atom stereocenters. The summed E-state index contributed by atoms with van der Waals surface area (Å²) in [6, 6.07) is 14.3. The smallest absolute Gasteiger partial charge is 0.349 e. The summed E-state index contributed by atoms with van der Waals surface area (Å²) in [7, 11) is 1.50. The Morgan fingerprint density at radius 2 is 1.91 bits per heavy atom. The molecule has 0 saturated carbocycles. The monoisotopic (exact) mass is 458 g/mol. The lowest BCUT2D eigenvalue weighted by molar-refractivity contribution is 0.0742. The number of pyridine rings is 1. The first-order valence-electron chi connectivity index (χ1n) is 10.8. The second kappa shape index (κ2) is 9.18. The Labute approximate surface area is 194 Å². The number of para-hydroxylation sites is 1. The Morgan fingerprint density at radius 3 is 2.62 bits per heavy atom. The Bertz CT molecular complexity index is 1370. The van der Waals surface area contributed by atoms with E-state index in [2.05, 4.69) is 25.4 Å². The van der Waals surface area contributed by atoms with E-state index in [1.807, 2.05) is 24.3 Å². The number of piperazine rings is 1. The third kappa shape index (κ3) is 4.25. The molecule has 1 N–H and O–H groups in total. The third-order valence-corrected chi connectivity index (χ3v) is 5.65. The lowest BCUT2D eigenvalue weighted by Crippen LogP contribution is -2.49. The van der Waals surface area contributed by atoms with E-state index in [9.17, 15) is 9.59 Å². The molecular formula is C24H22N6O4. The zero-order chi connectivity index (χ0) is 23.5. The number of anilines is 3. The zero-order valence-corrected chi connectivity index (χ0v) is 18.5. The van der Waals surface area contributed by atoms with Crippen molar-refractivity contribution >= 4 is 34.2 Å². The first-order chi connectivity index (χ1) is 16.6. The topological polar surface area (TPSA) is 114 Å². The second-order valence-corrected chi connectivity index (χ2v) is 7.75. The van der Waals surface area contributed by atoms with Gasteiger partial charge in [-0.1, -0.05) is 12.1 Å². The quantitative estimate of drug-likeness (QED) is 0.451. The zero-order valence-electron chi connectivity index (χ0n) is 18.5. The molecule has 10 nitrogen and oxygen atoms in total. The molecular weight excluding hydrogens is 436 g/mol. The summed E-state index contributed by atoms with van der Waals surface area (Å²) >= 11 is 0. The van der Waals surface area contributed by atoms with Gasteiger partial charge in [0.2, 0.25) is 0 Å². The summed E-state index contributed by atoms with van der Waals surface area (Å²) in [5, 5.41) is 12.3. The molecule has 3 aromatic heterocycles. The minimum atomic E-state index is -0.674. The molecule has 0 radical (unpaired) electrons. The predicted molar refractivity (Wildman–Crippen MR) is 127 cm³/mol. The number of amides is 1. The van der Waals surface area contributed by atoms with Gasteiger partial charge >= 0.3 is 5.63 Å². The summed E-state index contributed by atoms with van der Waals surface area (Å²) in [6.07, 6.45) is 3.41. The number of nitrogens with one attached hydrogen (secondary N) is 1. The summed E-state index contributed by atoms with van der Waals surface area (Å²) in [5.74, 6) is 1.44. The van der Waals surface area contributed by atoms with Gasteiger partial charge in [-0.3, -0.25) is 9.78 Å². The van der Waals surface area contributed by atoms with E-state index in [-0.39, 0.29) is 11.5 Å². The Balaban J connectivity index is 1.25. The van der Waals surface area contributed by atoms with Crippen LogP contribution in [0.5, 0.6) is 5.75 Å². The van der Waals surface area contributed by atoms with Crippen LogP contribution in [0.4, 0.5) is 17.3 Å². The summed E-state index contributed by atoms with van der Waals surface area (Å²) in [6.45, 7) is 2.04. The van der Waals surface area contributed by atoms with Gasteiger partial charge in [-0.2, -0.15) is 0 Å². The fourth-order valence-corrected chi connectivity index (χ4v) is 3.88. The van der Waals surface area contributed by atoms with Crippen LogP contribution in [0, 0.1) is 0 Å². The Hall–Kier alpha value is -4.47. The third-order valence-electron chi connectivity index (χ3n) is 5.65. The molecule has 0 aliphatic carbocycles. The van der Waals surface area contributed by atoms with Crippen LogP contribution in [0.25, 0.3) is 11.0 Å². The van der Waals surface area contributed by atoms with E-state index in [4.69, 9.17) is 9.15 Å². The number of hydrogen-bond donors (Lipinski definition) is 1. The van der Waals surface area contributed by atoms with Crippen molar-refractivity contribution in [2.24, 2.45) is 0 Å². The van der Waals surface area contributed by atoms with Crippen molar-refractivity contribution in [3.8, 4) is 5.75 Å². The van der Waals surface area contributed by atoms with E-state index in [0.29, 0.717) is 48.7 Å². The molecule has 5 rings (SSSR count). The fraction of sp³-hybridized carbons (Fsp3) is 0.208. The highest BCUT2D eigenvalue weighted by Crippen LogP contribution is 2.25. The highest BCUT2D eigenvalue weighted by molar-refractivity contribution is 5.97. The van der Waals surface area contributed by atoms with Gasteiger partial charge in [0.05, 0.1) is 19.0 Å². The van der Waals surface area contributed by atoms with Crippen LogP contribution in [-0.2, 0) is 0 Å². The highest BCUT2D eigenvalue weighted by Gasteiger charge is 2.26. The van der Waals surface area contributed by atoms with E-state index >= 15 is 0 Å². The van der Waals surface area contributed by atoms with Gasteiger partial charge in [0.15, 0.2) is 23.0 Å². The van der Waals surface area contributed by atoms with Gasteiger partial charge < -0.3 is 24.3 Å². The lowest BCUT2D eigenvalue weighted by Gasteiger charge is -2.35. The van der Waals surface area contributed by atoms with Crippen LogP contribution in [0.15, 0.2) is 70.1 Å². The van der Waals surface area contributed by atoms with E-state index in [1.54, 1.807) is 41.6 Å². The van der Waals surface area contributed by atoms with Crippen LogP contribution in [-0.4, -0.2) is 59.3 Å². The van der Waals surface area contributed by atoms with Crippen LogP contribution in [0.1, 0.15) is 10.4 Å². The number of carbonyl (C=O) groups is 1. The van der Waals surface area contributed by atoms with Gasteiger partial charge in [0.25, 0.3) is 5.91 Å². The van der Waals surface area contributed by atoms with Crippen molar-refractivity contribution in [1.82, 2.24) is 20.1 Å². The number of nitrogens with zero attached hydrogens (tertiary/aromatic N) is 5. The molecule has 0 bridgehead atoms. The summed E-state index contributed by atoms with van der Waals surface area (Å²) < 4.78 is 10.6. The molecule has 34 heavy (non-hydrogen) atoms. The lowest BCUT2D eigenvalue weighted by atomic mass is 10.1. The molecule has 4 heterocycles. The van der Waals surface area contributed by atoms with Gasteiger partial charge in [-0.15, -0.1) is 10.2 Å². The normalized spacial score (nSPS) is 13.7. The Kier molecular flexibility index (Phi) is 5.77. The molecule has 1 aromatic carbocycles. The van der Waals surface area contributed by atoms with Crippen molar-refractivity contribution < 1.29 is 13.9 Å². The Morgan fingerprint density at radius 1 is 1.06 bits per heavy atom. The molecule has 4 aromatic rings. The second-order valence-electron chi connectivity index (χ2n) is 7.75. The molecule has 172 valence electrons. The van der Waals surface area contributed by atoms with Crippen molar-refractivity contribution in [2.45, 2.75) is 0 Å². The minimum absolute atomic E-state index is 0.0137. The molecule has 1 amide bonds. The largest absolute Gasteiger partial charge is 0.493 e. The number of ether oxygens (including phenoxy) is 1. The number of methoxy groups -OCH3 is 1. The van der Waals surface area contributed by atoms with E-state index < -0.39 is 5.63 Å². The maximum Gasteiger partial charge on any atom is 0.349 e. The molecule has 1 saturated heterocycles. The van der Waals surface area contributed by atoms with Gasteiger partial charge in [-0.05, 0) is 36.4 Å². The fourth-order valence-electron chi connectivity index (χ4n) is 3.88. The van der Waals surface area contributed by atoms with Crippen molar-refractivity contribution in [1.29, 1.82) is 0 Å². The van der Waals surface area contributed by atoms with Crippen LogP contribution < -0.4 is 20.6 Å². The number of aromatic nitrogens is 3. The number of carbonyl (C=O) groups excluding carboxylic acids is 1. The molecule has 1 aliphatic rings. The van der Waals surface area contributed by atoms with Crippen LogP contribution >= 0.6 is 0 Å². The summed E-state index contributed by atoms with van der Waals surface area (Å²) in [5.41, 5.74) is 0.497. The number of hydrogen-bond acceptors (Lipinski definition) is 9. The van der Waals surface area contributed by atoms with Crippen LogP contribution in [0.3, 0.4) is 0 Å². The molecule has 0 unspecified atom stereocenters. The average Bonchev–Trinajstić information content (AvgIpc) is 2.89. The van der Waals surface area contributed by atoms with Crippen molar-refractivity contribution in [3.05, 3.63) is 76.9 Å². The molecule has 1 aliphatic heterocycles. The van der Waals surface area contributed by atoms with Gasteiger partial charge in [0, 0.05) is 37.8 Å². The maximum absolute atomic E-state index is 13.1. The van der Waals surface area contributed by atoms with Gasteiger partial charge in [0.1, 0.15) is 5.56 Å². The first-order valence-corrected chi connectivity index (χ1v) is 10.8. The average molecular weight is 458 g/mol. The number of rotatable bonds is 5. The number of benzene rings is 1. The SMILES string of the molecule is COc1cccc2cc(C(=O)N3CCN(c4ccc(Nc5cccnc5)nn4)CC3)c(=O)oc12. The maximum atomic E-state index is 13.1. The standard InChI is InChI=1S/C24H22N6O4/c1-33-19-6-2-4-16-14-18(24(32)34-22(16)19)23(31)30-12-10-29(11-13-30)21-8-7-20(27-28-21)26-17-5-3-9-25-15-17/h2-9,14-15H,10-13H2,1H3,(H,26,27). The molecule has 1 fully saturated rings. The van der Waals surface area contributed by atoms with Gasteiger partial charge in [-0.25, -0.2) is 4.79 Å². The molecule has 10 heteroatoms. The van der Waals surface area contributed by atoms with E-state index in [1.165, 1.54) is 7.11 Å². The van der Waals surface area contributed by atoms with Crippen molar-refractivity contribution in [3.63, 3.8) is 0 Å². The first kappa shape index (κ1) is 21.4. The van der Waals surface area contributed by atoms with E-state index in [0.717, 1.165) is 11.5 Å². The molecule has 0 spiro atoms. The minimum Gasteiger partial charge on any atom is -0.493 e. The van der Waals surface area contributed by atoms with Crippen LogP contribution in [0.2, 0.25) is 0 Å². The van der Waals surface area contributed by atoms with Crippen molar-refractivity contribution in [2.75, 3.05) is 43.5 Å².